The number of nitrogens with zero attached hydrogens (tertiary/aromatic N) is 1. The molecule has 0 aliphatic heterocycles. The zero-order valence-electron chi connectivity index (χ0n) is 16.0. The van der Waals surface area contributed by atoms with Crippen LogP contribution in [0, 0.1) is 6.92 Å². The molecule has 1 amide bonds. The molecule has 0 aliphatic carbocycles. The van der Waals surface area contributed by atoms with Gasteiger partial charge in [-0.25, -0.2) is 13.6 Å². The molecule has 154 valence electrons. The second kappa shape index (κ2) is 9.36. The fraction of sp³-hybridized carbons (Fsp3) is 0.250. The third-order valence-electron chi connectivity index (χ3n) is 4.24. The lowest BCUT2D eigenvalue weighted by Gasteiger charge is -2.20. The predicted molar refractivity (Wildman–Crippen MR) is 113 cm³/mol. The van der Waals surface area contributed by atoms with Gasteiger partial charge >= 0.3 is 0 Å². The fourth-order valence-electron chi connectivity index (χ4n) is 2.86. The van der Waals surface area contributed by atoms with Gasteiger partial charge in [0.05, 0.1) is 17.7 Å². The van der Waals surface area contributed by atoms with E-state index < -0.39 is 10.0 Å². The Kier molecular flexibility index (Phi) is 6.86. The summed E-state index contributed by atoms with van der Waals surface area (Å²) in [7, 11) is -3.82. The molecule has 29 heavy (non-hydrogen) atoms. The van der Waals surface area contributed by atoms with Crippen LogP contribution in [0.25, 0.3) is 0 Å². The average molecular weight is 434 g/mol. The minimum absolute atomic E-state index is 0.0391. The molecule has 1 aromatic carbocycles. The van der Waals surface area contributed by atoms with E-state index in [4.69, 9.17) is 9.56 Å². The molecule has 0 saturated carbocycles. The largest absolute Gasteiger partial charge is 0.468 e. The average Bonchev–Trinajstić information content (AvgIpc) is 3.31. The SMILES string of the molecule is Cc1ccc(CN(CCC(=O)Nc2cccc(S(N)(=O)=O)c2)Cc2ccco2)s1. The first-order valence-electron chi connectivity index (χ1n) is 9.02. The quantitative estimate of drug-likeness (QED) is 0.538. The summed E-state index contributed by atoms with van der Waals surface area (Å²) < 4.78 is 28.4. The van der Waals surface area contributed by atoms with Crippen molar-refractivity contribution < 1.29 is 17.6 Å². The van der Waals surface area contributed by atoms with Gasteiger partial charge in [0.15, 0.2) is 0 Å². The third kappa shape index (κ3) is 6.53. The Bertz CT molecular complexity index is 1060. The maximum absolute atomic E-state index is 12.4. The summed E-state index contributed by atoms with van der Waals surface area (Å²) >= 11 is 1.73. The molecule has 0 atom stereocenters. The molecule has 0 radical (unpaired) electrons. The molecule has 0 saturated heterocycles. The van der Waals surface area contributed by atoms with Gasteiger partial charge in [-0.05, 0) is 49.4 Å². The summed E-state index contributed by atoms with van der Waals surface area (Å²) in [6.07, 6.45) is 1.89. The van der Waals surface area contributed by atoms with Crippen molar-refractivity contribution in [3.63, 3.8) is 0 Å². The van der Waals surface area contributed by atoms with E-state index in [0.29, 0.717) is 25.3 Å². The molecule has 2 heterocycles. The molecule has 7 nitrogen and oxygen atoms in total. The number of anilines is 1. The highest BCUT2D eigenvalue weighted by atomic mass is 32.2. The molecule has 3 N–H and O–H groups in total. The number of thiophene rings is 1. The van der Waals surface area contributed by atoms with E-state index in [1.165, 1.54) is 28.0 Å². The van der Waals surface area contributed by atoms with E-state index in [2.05, 4.69) is 29.3 Å². The molecule has 0 spiro atoms. The van der Waals surface area contributed by atoms with Crippen molar-refractivity contribution in [2.24, 2.45) is 5.14 Å². The Morgan fingerprint density at radius 2 is 2.00 bits per heavy atom. The van der Waals surface area contributed by atoms with Gasteiger partial charge < -0.3 is 9.73 Å². The number of hydrogen-bond acceptors (Lipinski definition) is 6. The molecule has 0 aliphatic rings. The molecule has 0 bridgehead atoms. The van der Waals surface area contributed by atoms with E-state index in [9.17, 15) is 13.2 Å². The Labute approximate surface area is 174 Å². The van der Waals surface area contributed by atoms with Crippen LogP contribution < -0.4 is 10.5 Å². The number of carbonyl (C=O) groups is 1. The monoisotopic (exact) mass is 433 g/mol. The summed E-state index contributed by atoms with van der Waals surface area (Å²) in [4.78, 5) is 17.0. The second-order valence-corrected chi connectivity index (χ2v) is 9.61. The number of furan rings is 1. The molecule has 0 unspecified atom stereocenters. The maximum Gasteiger partial charge on any atom is 0.238 e. The molecule has 9 heteroatoms. The number of sulfonamides is 1. The number of aryl methyl sites for hydroxylation is 1. The van der Waals surface area contributed by atoms with Crippen molar-refractivity contribution >= 4 is 33.0 Å². The van der Waals surface area contributed by atoms with E-state index in [1.807, 2.05) is 12.1 Å². The van der Waals surface area contributed by atoms with Gasteiger partial charge in [0.1, 0.15) is 5.76 Å². The number of rotatable bonds is 9. The topological polar surface area (TPSA) is 106 Å². The Morgan fingerprint density at radius 1 is 1.17 bits per heavy atom. The Balaban J connectivity index is 1.61. The van der Waals surface area contributed by atoms with Crippen molar-refractivity contribution in [1.29, 1.82) is 0 Å². The van der Waals surface area contributed by atoms with Crippen LogP contribution in [0.4, 0.5) is 5.69 Å². The minimum Gasteiger partial charge on any atom is -0.468 e. The van der Waals surface area contributed by atoms with Crippen molar-refractivity contribution in [3.8, 4) is 0 Å². The summed E-state index contributed by atoms with van der Waals surface area (Å²) in [5, 5.41) is 7.87. The van der Waals surface area contributed by atoms with Crippen molar-refractivity contribution in [2.45, 2.75) is 31.3 Å². The number of primary sulfonamides is 1. The van der Waals surface area contributed by atoms with Crippen LogP contribution in [0.2, 0.25) is 0 Å². The van der Waals surface area contributed by atoms with E-state index in [1.54, 1.807) is 23.7 Å². The first-order valence-corrected chi connectivity index (χ1v) is 11.4. The number of nitrogens with two attached hydrogens (primary N) is 1. The number of carbonyl (C=O) groups excluding carboxylic acids is 1. The lowest BCUT2D eigenvalue weighted by Crippen LogP contribution is -2.27. The summed E-state index contributed by atoms with van der Waals surface area (Å²) in [6.45, 7) is 3.90. The Hall–Kier alpha value is -2.46. The van der Waals surface area contributed by atoms with E-state index >= 15 is 0 Å². The summed E-state index contributed by atoms with van der Waals surface area (Å²) in [5.41, 5.74) is 0.396. The standard InChI is InChI=1S/C20H23N3O4S2/c1-15-7-8-18(28-15)14-23(13-17-5-3-11-27-17)10-9-20(24)22-16-4-2-6-19(12-16)29(21,25)26/h2-8,11-12H,9-10,13-14H2,1H3,(H,22,24)(H2,21,25,26). The second-order valence-electron chi connectivity index (χ2n) is 6.67. The highest BCUT2D eigenvalue weighted by molar-refractivity contribution is 7.89. The van der Waals surface area contributed by atoms with Gasteiger partial charge in [0, 0.05) is 35.0 Å². The third-order valence-corrected chi connectivity index (χ3v) is 6.13. The van der Waals surface area contributed by atoms with Crippen LogP contribution in [-0.4, -0.2) is 25.8 Å². The predicted octanol–water partition coefficient (Wildman–Crippen LogP) is 3.33. The van der Waals surface area contributed by atoms with Crippen LogP contribution in [0.3, 0.4) is 0 Å². The molecule has 0 fully saturated rings. The highest BCUT2D eigenvalue weighted by Gasteiger charge is 2.14. The zero-order valence-corrected chi connectivity index (χ0v) is 17.6. The lowest BCUT2D eigenvalue weighted by molar-refractivity contribution is -0.116. The number of benzene rings is 1. The van der Waals surface area contributed by atoms with Gasteiger partial charge in [0.2, 0.25) is 15.9 Å². The van der Waals surface area contributed by atoms with Gasteiger partial charge in [-0.2, -0.15) is 0 Å². The van der Waals surface area contributed by atoms with Crippen LogP contribution in [0.5, 0.6) is 0 Å². The highest BCUT2D eigenvalue weighted by Crippen LogP contribution is 2.19. The first-order chi connectivity index (χ1) is 13.8. The van der Waals surface area contributed by atoms with Crippen molar-refractivity contribution in [2.75, 3.05) is 11.9 Å². The van der Waals surface area contributed by atoms with Gasteiger partial charge in [-0.3, -0.25) is 9.69 Å². The minimum atomic E-state index is -3.82. The van der Waals surface area contributed by atoms with E-state index in [-0.39, 0.29) is 17.2 Å². The summed E-state index contributed by atoms with van der Waals surface area (Å²) in [5.74, 6) is 0.628. The first kappa shape index (κ1) is 21.3. The van der Waals surface area contributed by atoms with Crippen LogP contribution in [-0.2, 0) is 27.9 Å². The maximum atomic E-state index is 12.4. The fourth-order valence-corrected chi connectivity index (χ4v) is 4.35. The molecule has 3 rings (SSSR count). The molecule has 2 aromatic heterocycles. The molecular weight excluding hydrogens is 410 g/mol. The smallest absolute Gasteiger partial charge is 0.238 e. The van der Waals surface area contributed by atoms with Crippen LogP contribution in [0.1, 0.15) is 21.9 Å². The van der Waals surface area contributed by atoms with Gasteiger partial charge in [0.25, 0.3) is 0 Å². The number of hydrogen-bond donors (Lipinski definition) is 2. The molecular formula is C20H23N3O4S2. The van der Waals surface area contributed by atoms with Crippen LogP contribution >= 0.6 is 11.3 Å². The van der Waals surface area contributed by atoms with Gasteiger partial charge in [-0.1, -0.05) is 6.07 Å². The van der Waals surface area contributed by atoms with Gasteiger partial charge in [-0.15, -0.1) is 11.3 Å². The summed E-state index contributed by atoms with van der Waals surface area (Å²) in [6, 6.07) is 13.8. The normalized spacial score (nSPS) is 11.7. The molecule has 3 aromatic rings. The number of nitrogens with one attached hydrogen (secondary N) is 1. The Morgan fingerprint density at radius 3 is 2.66 bits per heavy atom. The van der Waals surface area contributed by atoms with Crippen LogP contribution in [0.15, 0.2) is 64.1 Å². The number of amides is 1. The lowest BCUT2D eigenvalue weighted by atomic mass is 10.2. The van der Waals surface area contributed by atoms with Crippen molar-refractivity contribution in [3.05, 3.63) is 70.3 Å². The van der Waals surface area contributed by atoms with E-state index in [0.717, 1.165) is 5.76 Å². The zero-order chi connectivity index (χ0) is 20.9. The van der Waals surface area contributed by atoms with Crippen molar-refractivity contribution in [1.82, 2.24) is 4.90 Å².